The number of carbonyl (C=O) groups is 1. The van der Waals surface area contributed by atoms with Gasteiger partial charge in [-0.25, -0.2) is 4.98 Å². The number of hydrogen-bond acceptors (Lipinski definition) is 2. The largest absolute Gasteiger partial charge is 0.342 e. The van der Waals surface area contributed by atoms with Gasteiger partial charge in [0.25, 0.3) is 0 Å². The maximum Gasteiger partial charge on any atom is 0.242 e. The van der Waals surface area contributed by atoms with Gasteiger partial charge in [0.1, 0.15) is 12.4 Å². The number of aromatic nitrogens is 2. The molecule has 0 bridgehead atoms. The lowest BCUT2D eigenvalue weighted by molar-refractivity contribution is -0.131. The van der Waals surface area contributed by atoms with E-state index in [0.717, 1.165) is 11.0 Å². The number of imidazole rings is 1. The molecule has 1 aromatic carbocycles. The Morgan fingerprint density at radius 1 is 1.35 bits per heavy atom. The summed E-state index contributed by atoms with van der Waals surface area (Å²) in [5, 5.41) is 0.623. The minimum Gasteiger partial charge on any atom is -0.342 e. The summed E-state index contributed by atoms with van der Waals surface area (Å²) in [7, 11) is 0. The molecule has 0 aliphatic heterocycles. The van der Waals surface area contributed by atoms with Gasteiger partial charge in [-0.15, -0.1) is 11.6 Å². The van der Waals surface area contributed by atoms with Gasteiger partial charge < -0.3 is 9.47 Å². The lowest BCUT2D eigenvalue weighted by atomic mass is 10.3. The van der Waals surface area contributed by atoms with Gasteiger partial charge in [0.15, 0.2) is 0 Å². The second-order valence-electron chi connectivity index (χ2n) is 4.45. The van der Waals surface area contributed by atoms with Crippen molar-refractivity contribution in [3.8, 4) is 0 Å². The van der Waals surface area contributed by atoms with Crippen molar-refractivity contribution in [2.75, 3.05) is 13.1 Å². The van der Waals surface area contributed by atoms with Crippen LogP contribution in [0.15, 0.2) is 18.2 Å². The predicted octanol–water partition coefficient (Wildman–Crippen LogP) is 3.30. The van der Waals surface area contributed by atoms with Crippen LogP contribution in [-0.2, 0) is 17.2 Å². The number of alkyl halides is 1. The summed E-state index contributed by atoms with van der Waals surface area (Å²) in [6.45, 7) is 5.58. The molecule has 20 heavy (non-hydrogen) atoms. The zero-order chi connectivity index (χ0) is 14.7. The maximum absolute atomic E-state index is 12.3. The van der Waals surface area contributed by atoms with Gasteiger partial charge in [-0.3, -0.25) is 4.79 Å². The van der Waals surface area contributed by atoms with E-state index in [2.05, 4.69) is 4.98 Å². The molecule has 1 amide bonds. The summed E-state index contributed by atoms with van der Waals surface area (Å²) in [5.74, 6) is 1.01. The molecule has 0 atom stereocenters. The Morgan fingerprint density at radius 3 is 2.65 bits per heavy atom. The van der Waals surface area contributed by atoms with Crippen LogP contribution in [0.3, 0.4) is 0 Å². The number of likely N-dealkylation sites (N-methyl/N-ethyl adjacent to an activating group) is 1. The van der Waals surface area contributed by atoms with E-state index in [1.54, 1.807) is 17.0 Å². The minimum atomic E-state index is 0.0654. The van der Waals surface area contributed by atoms with Crippen molar-refractivity contribution < 1.29 is 4.79 Å². The molecule has 1 heterocycles. The summed E-state index contributed by atoms with van der Waals surface area (Å²) >= 11 is 11.9. The van der Waals surface area contributed by atoms with Gasteiger partial charge in [-0.2, -0.15) is 0 Å². The first-order chi connectivity index (χ1) is 9.60. The molecule has 0 aliphatic carbocycles. The fourth-order valence-electron chi connectivity index (χ4n) is 2.24. The predicted molar refractivity (Wildman–Crippen MR) is 82.2 cm³/mol. The maximum atomic E-state index is 12.3. The summed E-state index contributed by atoms with van der Waals surface area (Å²) in [4.78, 5) is 18.5. The van der Waals surface area contributed by atoms with Crippen LogP contribution in [0, 0.1) is 0 Å². The first kappa shape index (κ1) is 15.1. The van der Waals surface area contributed by atoms with Crippen LogP contribution in [-0.4, -0.2) is 33.4 Å². The molecule has 6 heteroatoms. The number of fused-ring (bicyclic) bond motifs is 1. The van der Waals surface area contributed by atoms with E-state index < -0.39 is 0 Å². The van der Waals surface area contributed by atoms with Crippen molar-refractivity contribution in [1.82, 2.24) is 14.5 Å². The van der Waals surface area contributed by atoms with Crippen molar-refractivity contribution in [2.45, 2.75) is 26.3 Å². The van der Waals surface area contributed by atoms with Crippen molar-refractivity contribution in [3.05, 3.63) is 29.0 Å². The smallest absolute Gasteiger partial charge is 0.242 e. The monoisotopic (exact) mass is 313 g/mol. The highest BCUT2D eigenvalue weighted by Crippen LogP contribution is 2.21. The molecule has 0 unspecified atom stereocenters. The molecule has 0 radical (unpaired) electrons. The van der Waals surface area contributed by atoms with Crippen LogP contribution in [0.25, 0.3) is 11.0 Å². The van der Waals surface area contributed by atoms with Crippen LogP contribution in [0.4, 0.5) is 0 Å². The highest BCUT2D eigenvalue weighted by atomic mass is 35.5. The third kappa shape index (κ3) is 2.91. The summed E-state index contributed by atoms with van der Waals surface area (Å²) in [5.41, 5.74) is 1.64. The first-order valence-corrected chi connectivity index (χ1v) is 7.50. The van der Waals surface area contributed by atoms with Gasteiger partial charge >= 0.3 is 0 Å². The molecule has 0 N–H and O–H groups in total. The Labute approximate surface area is 128 Å². The number of carbonyl (C=O) groups excluding carboxylic acids is 1. The fourth-order valence-corrected chi connectivity index (χ4v) is 2.61. The van der Waals surface area contributed by atoms with Crippen LogP contribution in [0.5, 0.6) is 0 Å². The summed E-state index contributed by atoms with van der Waals surface area (Å²) in [6.07, 6.45) is 0. The van der Waals surface area contributed by atoms with E-state index in [9.17, 15) is 4.79 Å². The topological polar surface area (TPSA) is 38.1 Å². The molecule has 2 rings (SSSR count). The average molecular weight is 314 g/mol. The van der Waals surface area contributed by atoms with Crippen molar-refractivity contribution >= 4 is 40.1 Å². The molecule has 0 saturated heterocycles. The number of nitrogens with zero attached hydrogens (tertiary/aromatic N) is 3. The lowest BCUT2D eigenvalue weighted by Crippen LogP contribution is -2.33. The van der Waals surface area contributed by atoms with Crippen LogP contribution >= 0.6 is 23.2 Å². The molecule has 0 fully saturated rings. The molecule has 1 aromatic heterocycles. The van der Waals surface area contributed by atoms with Gasteiger partial charge in [-0.1, -0.05) is 11.6 Å². The first-order valence-electron chi connectivity index (χ1n) is 6.59. The molecule has 0 aliphatic rings. The molecular formula is C14H17Cl2N3O. The van der Waals surface area contributed by atoms with Gasteiger partial charge in [0.2, 0.25) is 5.91 Å². The number of rotatable bonds is 5. The van der Waals surface area contributed by atoms with E-state index >= 15 is 0 Å². The molecule has 4 nitrogen and oxygen atoms in total. The third-order valence-corrected chi connectivity index (χ3v) is 3.79. The van der Waals surface area contributed by atoms with Crippen molar-refractivity contribution in [2.24, 2.45) is 0 Å². The van der Waals surface area contributed by atoms with Gasteiger partial charge in [0, 0.05) is 18.1 Å². The number of halogens is 2. The number of benzene rings is 1. The highest BCUT2D eigenvalue weighted by Gasteiger charge is 2.16. The fraction of sp³-hybridized carbons (Fsp3) is 0.429. The number of amides is 1. The summed E-state index contributed by atoms with van der Waals surface area (Å²) in [6, 6.07) is 5.45. The summed E-state index contributed by atoms with van der Waals surface area (Å²) < 4.78 is 1.86. The molecular weight excluding hydrogens is 297 g/mol. The Morgan fingerprint density at radius 2 is 2.05 bits per heavy atom. The molecule has 108 valence electrons. The Bertz CT molecular complexity index is 620. The van der Waals surface area contributed by atoms with E-state index in [1.165, 1.54) is 0 Å². The highest BCUT2D eigenvalue weighted by molar-refractivity contribution is 6.31. The van der Waals surface area contributed by atoms with Gasteiger partial charge in [-0.05, 0) is 32.0 Å². The van der Waals surface area contributed by atoms with E-state index in [0.29, 0.717) is 23.9 Å². The quantitative estimate of drug-likeness (QED) is 0.794. The zero-order valence-corrected chi connectivity index (χ0v) is 13.1. The second-order valence-corrected chi connectivity index (χ2v) is 5.15. The number of hydrogen-bond donors (Lipinski definition) is 0. The van der Waals surface area contributed by atoms with Gasteiger partial charge in [0.05, 0.1) is 16.9 Å². The van der Waals surface area contributed by atoms with Crippen molar-refractivity contribution in [1.29, 1.82) is 0 Å². The van der Waals surface area contributed by atoms with Crippen LogP contribution < -0.4 is 0 Å². The Kier molecular flexibility index (Phi) is 4.89. The lowest BCUT2D eigenvalue weighted by Gasteiger charge is -2.19. The normalized spacial score (nSPS) is 11.0. The molecule has 0 spiro atoms. The Hall–Kier alpha value is -1.26. The third-order valence-electron chi connectivity index (χ3n) is 3.32. The minimum absolute atomic E-state index is 0.0654. The van der Waals surface area contributed by atoms with Crippen molar-refractivity contribution in [3.63, 3.8) is 0 Å². The SMILES string of the molecule is CCN(CC)C(=O)Cn1c(CCl)nc2cc(Cl)ccc21. The average Bonchev–Trinajstić information content (AvgIpc) is 2.77. The van der Waals surface area contributed by atoms with E-state index in [-0.39, 0.29) is 18.3 Å². The Balaban J connectivity index is 2.40. The molecule has 2 aromatic rings. The van der Waals surface area contributed by atoms with E-state index in [4.69, 9.17) is 23.2 Å². The molecule has 0 saturated carbocycles. The zero-order valence-electron chi connectivity index (χ0n) is 11.6. The van der Waals surface area contributed by atoms with Crippen LogP contribution in [0.1, 0.15) is 19.7 Å². The van der Waals surface area contributed by atoms with E-state index in [1.807, 2.05) is 24.5 Å². The standard InChI is InChI=1S/C14H17Cl2N3O/c1-3-18(4-2)14(20)9-19-12-6-5-10(16)7-11(12)17-13(19)8-15/h5-7H,3-4,8-9H2,1-2H3. The second kappa shape index (κ2) is 6.46. The van der Waals surface area contributed by atoms with Crippen LogP contribution in [0.2, 0.25) is 5.02 Å².